The predicted molar refractivity (Wildman–Crippen MR) is 182 cm³/mol. The normalized spacial score (nSPS) is 18.0. The molecule has 220 valence electrons. The minimum atomic E-state index is -1.11. The average molecular weight is 641 g/mol. The molecule has 2 fully saturated rings. The van der Waals surface area contributed by atoms with Gasteiger partial charge < -0.3 is 14.9 Å². The number of thiocarbonyl (C=S) groups is 2. The van der Waals surface area contributed by atoms with Gasteiger partial charge in [0, 0.05) is 46.1 Å². The fourth-order valence-corrected chi connectivity index (χ4v) is 7.12. The smallest absolute Gasteiger partial charge is 0.326 e. The fraction of sp³-hybridized carbons (Fsp3) is 0.300. The van der Waals surface area contributed by atoms with E-state index in [9.17, 15) is 19.5 Å². The zero-order chi connectivity index (χ0) is 30.6. The minimum absolute atomic E-state index is 0.155. The van der Waals surface area contributed by atoms with E-state index >= 15 is 0 Å². The van der Waals surface area contributed by atoms with Crippen molar-refractivity contribution in [3.63, 3.8) is 0 Å². The van der Waals surface area contributed by atoms with E-state index in [1.54, 1.807) is 11.0 Å². The van der Waals surface area contributed by atoms with Crippen LogP contribution in [0.5, 0.6) is 0 Å². The van der Waals surface area contributed by atoms with Crippen LogP contribution < -0.4 is 9.80 Å². The van der Waals surface area contributed by atoms with Gasteiger partial charge in [0.2, 0.25) is 0 Å². The van der Waals surface area contributed by atoms with Gasteiger partial charge in [-0.3, -0.25) is 19.4 Å². The quantitative estimate of drug-likeness (QED) is 0.192. The zero-order valence-corrected chi connectivity index (χ0v) is 27.0. The van der Waals surface area contributed by atoms with Gasteiger partial charge in [-0.1, -0.05) is 72.2 Å². The van der Waals surface area contributed by atoms with Crippen LogP contribution >= 0.6 is 48.0 Å². The summed E-state index contributed by atoms with van der Waals surface area (Å²) in [6, 6.07) is 14.5. The fourth-order valence-electron chi connectivity index (χ4n) is 4.45. The van der Waals surface area contributed by atoms with Crippen LogP contribution in [0, 0.1) is 0 Å². The minimum Gasteiger partial charge on any atom is -0.480 e. The molecule has 0 aromatic heterocycles. The number of rotatable bonds is 11. The Labute approximate surface area is 265 Å². The first kappa shape index (κ1) is 31.7. The number of carboxylic acid groups (broad SMARTS) is 1. The second kappa shape index (κ2) is 13.9. The molecule has 0 bridgehead atoms. The number of anilines is 2. The van der Waals surface area contributed by atoms with Gasteiger partial charge in [-0.05, 0) is 66.8 Å². The molecule has 2 aromatic rings. The molecule has 2 aliphatic heterocycles. The monoisotopic (exact) mass is 640 g/mol. The van der Waals surface area contributed by atoms with E-state index in [-0.39, 0.29) is 16.6 Å². The second-order valence-electron chi connectivity index (χ2n) is 10.2. The van der Waals surface area contributed by atoms with Gasteiger partial charge in [-0.25, -0.2) is 4.79 Å². The number of unbranched alkanes of at least 4 members (excludes halogenated alkanes) is 1. The molecule has 12 heteroatoms. The van der Waals surface area contributed by atoms with E-state index in [0.29, 0.717) is 33.5 Å². The summed E-state index contributed by atoms with van der Waals surface area (Å²) < 4.78 is 0.705. The van der Waals surface area contributed by atoms with Crippen molar-refractivity contribution in [2.24, 2.45) is 0 Å². The Morgan fingerprint density at radius 3 is 1.76 bits per heavy atom. The van der Waals surface area contributed by atoms with E-state index in [1.807, 2.05) is 92.6 Å². The maximum atomic E-state index is 13.2. The summed E-state index contributed by atoms with van der Waals surface area (Å²) in [5, 5.41) is 9.96. The molecule has 2 saturated heterocycles. The van der Waals surface area contributed by atoms with Crippen molar-refractivity contribution in [2.75, 3.05) is 44.5 Å². The molecular formula is C30H32N4O4S4. The summed E-state index contributed by atoms with van der Waals surface area (Å²) >= 11 is 13.3. The van der Waals surface area contributed by atoms with E-state index in [2.05, 4.69) is 0 Å². The highest BCUT2D eigenvalue weighted by Gasteiger charge is 2.40. The van der Waals surface area contributed by atoms with Gasteiger partial charge in [-0.15, -0.1) is 0 Å². The Bertz CT molecular complexity index is 1450. The Kier molecular flexibility index (Phi) is 10.5. The molecule has 2 heterocycles. The van der Waals surface area contributed by atoms with Crippen molar-refractivity contribution in [1.82, 2.24) is 9.80 Å². The van der Waals surface area contributed by atoms with Crippen LogP contribution in [0.4, 0.5) is 11.4 Å². The van der Waals surface area contributed by atoms with Crippen LogP contribution in [-0.2, 0) is 14.4 Å². The van der Waals surface area contributed by atoms with Crippen LogP contribution in [0.2, 0.25) is 0 Å². The maximum absolute atomic E-state index is 13.2. The van der Waals surface area contributed by atoms with Crippen LogP contribution in [0.15, 0.2) is 58.3 Å². The van der Waals surface area contributed by atoms with Crippen LogP contribution in [-0.4, -0.2) is 82.1 Å². The summed E-state index contributed by atoms with van der Waals surface area (Å²) in [5.41, 5.74) is 3.84. The Morgan fingerprint density at radius 1 is 0.810 bits per heavy atom. The number of carbonyl (C=O) groups excluding carboxylic acids is 2. The van der Waals surface area contributed by atoms with Gasteiger partial charge in [0.05, 0.1) is 9.81 Å². The van der Waals surface area contributed by atoms with Crippen molar-refractivity contribution in [3.05, 3.63) is 69.5 Å². The molecule has 2 aromatic carbocycles. The van der Waals surface area contributed by atoms with E-state index in [0.717, 1.165) is 34.3 Å². The molecule has 42 heavy (non-hydrogen) atoms. The maximum Gasteiger partial charge on any atom is 0.326 e. The predicted octanol–water partition coefficient (Wildman–Crippen LogP) is 5.54. The summed E-state index contributed by atoms with van der Waals surface area (Å²) in [7, 11) is 7.83. The van der Waals surface area contributed by atoms with Gasteiger partial charge >= 0.3 is 5.97 Å². The van der Waals surface area contributed by atoms with Crippen molar-refractivity contribution >= 4 is 97.9 Å². The van der Waals surface area contributed by atoms with Crippen LogP contribution in [0.3, 0.4) is 0 Å². The lowest BCUT2D eigenvalue weighted by Gasteiger charge is -2.23. The summed E-state index contributed by atoms with van der Waals surface area (Å²) in [4.78, 5) is 46.1. The Hall–Kier alpha value is -3.19. The molecule has 0 unspecified atom stereocenters. The highest BCUT2D eigenvalue weighted by molar-refractivity contribution is 8.27. The number of amides is 2. The second-order valence-corrected chi connectivity index (χ2v) is 13.6. The first-order valence-corrected chi connectivity index (χ1v) is 15.7. The third-order valence-electron chi connectivity index (χ3n) is 6.82. The molecule has 0 radical (unpaired) electrons. The number of carbonyl (C=O) groups is 3. The molecule has 0 aliphatic carbocycles. The third-order valence-corrected chi connectivity index (χ3v) is 9.53. The molecule has 0 spiro atoms. The molecule has 0 saturated carbocycles. The highest BCUT2D eigenvalue weighted by atomic mass is 32.2. The summed E-state index contributed by atoms with van der Waals surface area (Å²) in [5.74, 6) is -1.68. The van der Waals surface area contributed by atoms with Crippen molar-refractivity contribution in [1.29, 1.82) is 0 Å². The number of thioether (sulfide) groups is 2. The third kappa shape index (κ3) is 7.41. The molecule has 1 atom stereocenters. The average Bonchev–Trinajstić information content (AvgIpc) is 3.37. The number of benzene rings is 2. The summed E-state index contributed by atoms with van der Waals surface area (Å²) in [6.45, 7) is 0.370. The van der Waals surface area contributed by atoms with Crippen molar-refractivity contribution in [2.45, 2.75) is 25.3 Å². The van der Waals surface area contributed by atoms with Crippen molar-refractivity contribution < 1.29 is 19.5 Å². The van der Waals surface area contributed by atoms with Gasteiger partial charge in [-0.2, -0.15) is 0 Å². The molecule has 8 nitrogen and oxygen atoms in total. The lowest BCUT2D eigenvalue weighted by molar-refractivity contribution is -0.145. The lowest BCUT2D eigenvalue weighted by atomic mass is 10.1. The first-order chi connectivity index (χ1) is 20.0. The zero-order valence-electron chi connectivity index (χ0n) is 23.8. The first-order valence-electron chi connectivity index (χ1n) is 13.3. The molecule has 2 amide bonds. The Morgan fingerprint density at radius 2 is 1.29 bits per heavy atom. The van der Waals surface area contributed by atoms with Gasteiger partial charge in [0.1, 0.15) is 14.7 Å². The van der Waals surface area contributed by atoms with Gasteiger partial charge in [0.15, 0.2) is 0 Å². The van der Waals surface area contributed by atoms with Crippen LogP contribution in [0.1, 0.15) is 30.4 Å². The lowest BCUT2D eigenvalue weighted by Crippen LogP contribution is -2.44. The number of aliphatic carboxylic acids is 1. The standard InChI is InChI=1S/C30H32N4O4S4/c1-31(2)21-12-8-19(9-13-21)17-24-26(35)33(29(39)41-24)16-6-5-7-23(28(37)38)34-27(36)25(42-30(34)40)18-20-10-14-22(15-11-20)32(3)4/h8-15,17-18,23H,5-7,16H2,1-4H3,(H,37,38)/b24-17+,25-18+/t23-/m0/s1. The highest BCUT2D eigenvalue weighted by Crippen LogP contribution is 2.36. The number of carboxylic acids is 1. The summed E-state index contributed by atoms with van der Waals surface area (Å²) in [6.07, 6.45) is 4.77. The topological polar surface area (TPSA) is 84.4 Å². The van der Waals surface area contributed by atoms with Crippen molar-refractivity contribution in [3.8, 4) is 0 Å². The SMILES string of the molecule is CN(C)c1ccc(/C=C2/SC(=S)N(CCCC[C@@H](C(=O)O)N3C(=O)/C(=C\c4ccc(N(C)C)cc4)SC3=S)C2=O)cc1. The molecule has 2 aliphatic rings. The number of hydrogen-bond donors (Lipinski definition) is 1. The van der Waals surface area contributed by atoms with E-state index in [1.165, 1.54) is 16.7 Å². The molecule has 4 rings (SSSR count). The van der Waals surface area contributed by atoms with Crippen LogP contribution in [0.25, 0.3) is 12.2 Å². The number of nitrogens with zero attached hydrogens (tertiary/aromatic N) is 4. The molecular weight excluding hydrogens is 609 g/mol. The Balaban J connectivity index is 1.34. The number of hydrogen-bond acceptors (Lipinski definition) is 9. The van der Waals surface area contributed by atoms with Gasteiger partial charge in [0.25, 0.3) is 11.8 Å². The van der Waals surface area contributed by atoms with E-state index in [4.69, 9.17) is 24.4 Å². The van der Waals surface area contributed by atoms with E-state index < -0.39 is 17.9 Å². The largest absolute Gasteiger partial charge is 0.480 e. The molecule has 1 N–H and O–H groups in total.